The normalized spacial score (nSPS) is 15.9. The lowest BCUT2D eigenvalue weighted by Crippen LogP contribution is -2.28. The maximum atomic E-state index is 12.7. The van der Waals surface area contributed by atoms with Crippen molar-refractivity contribution in [1.29, 1.82) is 0 Å². The number of benzene rings is 2. The Kier molecular flexibility index (Phi) is 6.20. The van der Waals surface area contributed by atoms with Crippen LogP contribution < -0.4 is 15.0 Å². The van der Waals surface area contributed by atoms with Crippen LogP contribution in [0.15, 0.2) is 42.5 Å². The van der Waals surface area contributed by atoms with Gasteiger partial charge in [-0.15, -0.1) is 10.2 Å². The summed E-state index contributed by atoms with van der Waals surface area (Å²) in [5.74, 6) is -0.0619. The molecule has 1 aliphatic heterocycles. The second kappa shape index (κ2) is 9.03. The van der Waals surface area contributed by atoms with Crippen molar-refractivity contribution in [3.05, 3.63) is 63.6 Å². The lowest BCUT2D eigenvalue weighted by Gasteiger charge is -2.18. The second-order valence-electron chi connectivity index (χ2n) is 7.48. The van der Waals surface area contributed by atoms with Crippen LogP contribution in [-0.4, -0.2) is 28.6 Å². The van der Waals surface area contributed by atoms with Gasteiger partial charge in [-0.1, -0.05) is 29.0 Å². The standard InChI is InChI=1S/C22H21ClN4O3S/c1-13-7-14(2)9-17(8-13)27-11-15(10-20(27)28)21(29)24-22-26-25-19(31-22)12-30-18-5-3-16(23)4-6-18/h3-9,15H,10-12H2,1-2H3,(H,24,26,29). The zero-order chi connectivity index (χ0) is 22.0. The van der Waals surface area contributed by atoms with Gasteiger partial charge < -0.3 is 15.0 Å². The molecule has 4 rings (SSSR count). The Morgan fingerprint density at radius 3 is 2.61 bits per heavy atom. The number of anilines is 2. The number of halogens is 1. The predicted molar refractivity (Wildman–Crippen MR) is 121 cm³/mol. The van der Waals surface area contributed by atoms with Crippen molar-refractivity contribution in [2.45, 2.75) is 26.9 Å². The molecular weight excluding hydrogens is 436 g/mol. The molecule has 7 nitrogen and oxygen atoms in total. The molecule has 0 bridgehead atoms. The van der Waals surface area contributed by atoms with Gasteiger partial charge in [0.05, 0.1) is 5.92 Å². The zero-order valence-electron chi connectivity index (χ0n) is 17.1. The lowest BCUT2D eigenvalue weighted by molar-refractivity contribution is -0.122. The van der Waals surface area contributed by atoms with Gasteiger partial charge in [0.25, 0.3) is 0 Å². The summed E-state index contributed by atoms with van der Waals surface area (Å²) in [6, 6.07) is 13.0. The first-order valence-electron chi connectivity index (χ1n) is 9.77. The van der Waals surface area contributed by atoms with E-state index in [1.54, 1.807) is 29.2 Å². The van der Waals surface area contributed by atoms with Crippen LogP contribution in [-0.2, 0) is 16.2 Å². The van der Waals surface area contributed by atoms with Crippen molar-refractivity contribution in [3.63, 3.8) is 0 Å². The first-order valence-corrected chi connectivity index (χ1v) is 11.0. The third kappa shape index (κ3) is 5.21. The van der Waals surface area contributed by atoms with E-state index in [-0.39, 0.29) is 24.8 Å². The minimum Gasteiger partial charge on any atom is -0.486 e. The van der Waals surface area contributed by atoms with E-state index in [2.05, 4.69) is 21.6 Å². The average Bonchev–Trinajstić information content (AvgIpc) is 3.33. The summed E-state index contributed by atoms with van der Waals surface area (Å²) in [6.45, 7) is 4.56. The average molecular weight is 457 g/mol. The van der Waals surface area contributed by atoms with Gasteiger partial charge >= 0.3 is 0 Å². The highest BCUT2D eigenvalue weighted by Crippen LogP contribution is 2.28. The van der Waals surface area contributed by atoms with E-state index < -0.39 is 5.92 Å². The third-order valence-corrected chi connectivity index (χ3v) is 5.95. The molecule has 1 saturated heterocycles. The number of ether oxygens (including phenoxy) is 1. The fourth-order valence-electron chi connectivity index (χ4n) is 3.49. The number of carbonyl (C=O) groups is 2. The second-order valence-corrected chi connectivity index (χ2v) is 8.98. The van der Waals surface area contributed by atoms with Gasteiger partial charge in [0.1, 0.15) is 12.4 Å². The van der Waals surface area contributed by atoms with Crippen LogP contribution in [0.1, 0.15) is 22.6 Å². The van der Waals surface area contributed by atoms with Crippen molar-refractivity contribution in [2.75, 3.05) is 16.8 Å². The lowest BCUT2D eigenvalue weighted by atomic mass is 10.1. The Morgan fingerprint density at radius 1 is 1.19 bits per heavy atom. The molecule has 3 aromatic rings. The molecule has 31 heavy (non-hydrogen) atoms. The number of aromatic nitrogens is 2. The largest absolute Gasteiger partial charge is 0.486 e. The first-order chi connectivity index (χ1) is 14.9. The number of nitrogens with one attached hydrogen (secondary N) is 1. The third-order valence-electron chi connectivity index (χ3n) is 4.89. The maximum Gasteiger partial charge on any atom is 0.231 e. The monoisotopic (exact) mass is 456 g/mol. The molecule has 1 atom stereocenters. The number of amides is 2. The molecule has 0 spiro atoms. The van der Waals surface area contributed by atoms with Crippen LogP contribution in [0.4, 0.5) is 10.8 Å². The fraction of sp³-hybridized carbons (Fsp3) is 0.273. The number of hydrogen-bond donors (Lipinski definition) is 1. The van der Waals surface area contributed by atoms with E-state index in [9.17, 15) is 9.59 Å². The highest BCUT2D eigenvalue weighted by atomic mass is 35.5. The maximum absolute atomic E-state index is 12.7. The van der Waals surface area contributed by atoms with E-state index in [1.807, 2.05) is 26.0 Å². The van der Waals surface area contributed by atoms with E-state index in [0.29, 0.717) is 27.5 Å². The van der Waals surface area contributed by atoms with Crippen molar-refractivity contribution >= 4 is 45.6 Å². The number of aryl methyl sites for hydroxylation is 2. The molecule has 160 valence electrons. The van der Waals surface area contributed by atoms with Crippen LogP contribution in [0.5, 0.6) is 5.75 Å². The van der Waals surface area contributed by atoms with Crippen molar-refractivity contribution in [1.82, 2.24) is 10.2 Å². The molecule has 1 aromatic heterocycles. The minimum absolute atomic E-state index is 0.0560. The molecule has 1 unspecified atom stereocenters. The predicted octanol–water partition coefficient (Wildman–Crippen LogP) is 4.38. The van der Waals surface area contributed by atoms with Gasteiger partial charge in [-0.2, -0.15) is 0 Å². The molecule has 2 aromatic carbocycles. The van der Waals surface area contributed by atoms with E-state index >= 15 is 0 Å². The first kappa shape index (κ1) is 21.3. The Labute approximate surface area is 189 Å². The van der Waals surface area contributed by atoms with Crippen molar-refractivity contribution in [2.24, 2.45) is 5.92 Å². The summed E-state index contributed by atoms with van der Waals surface area (Å²) >= 11 is 7.10. The molecule has 0 radical (unpaired) electrons. The van der Waals surface area contributed by atoms with Gasteiger partial charge in [-0.3, -0.25) is 9.59 Å². The summed E-state index contributed by atoms with van der Waals surface area (Å²) in [5, 5.41) is 12.5. The number of nitrogens with zero attached hydrogens (tertiary/aromatic N) is 3. The molecule has 1 aliphatic rings. The Bertz CT molecular complexity index is 1100. The van der Waals surface area contributed by atoms with Crippen LogP contribution in [0.3, 0.4) is 0 Å². The number of carbonyl (C=O) groups excluding carboxylic acids is 2. The molecule has 1 fully saturated rings. The van der Waals surface area contributed by atoms with E-state index in [4.69, 9.17) is 16.3 Å². The van der Waals surface area contributed by atoms with Gasteiger partial charge in [-0.05, 0) is 61.4 Å². The molecule has 1 N–H and O–H groups in total. The van der Waals surface area contributed by atoms with E-state index in [0.717, 1.165) is 16.8 Å². The minimum atomic E-state index is -0.439. The van der Waals surface area contributed by atoms with Gasteiger partial charge in [0.2, 0.25) is 16.9 Å². The number of hydrogen-bond acceptors (Lipinski definition) is 6. The molecule has 9 heteroatoms. The molecule has 0 aliphatic carbocycles. The highest BCUT2D eigenvalue weighted by molar-refractivity contribution is 7.15. The van der Waals surface area contributed by atoms with Crippen LogP contribution in [0, 0.1) is 19.8 Å². The Hall–Kier alpha value is -2.97. The zero-order valence-corrected chi connectivity index (χ0v) is 18.7. The summed E-state index contributed by atoms with van der Waals surface area (Å²) in [6.07, 6.45) is 0.171. The molecule has 2 heterocycles. The highest BCUT2D eigenvalue weighted by Gasteiger charge is 2.35. The summed E-state index contributed by atoms with van der Waals surface area (Å²) in [7, 11) is 0. The van der Waals surface area contributed by atoms with Crippen molar-refractivity contribution in [3.8, 4) is 5.75 Å². The molecule has 0 saturated carbocycles. The molecular formula is C22H21ClN4O3S. The smallest absolute Gasteiger partial charge is 0.231 e. The number of rotatable bonds is 6. The fourth-order valence-corrected chi connectivity index (χ4v) is 4.27. The van der Waals surface area contributed by atoms with Crippen molar-refractivity contribution < 1.29 is 14.3 Å². The van der Waals surface area contributed by atoms with Gasteiger partial charge in [-0.25, -0.2) is 0 Å². The van der Waals surface area contributed by atoms with Crippen LogP contribution in [0.25, 0.3) is 0 Å². The van der Waals surface area contributed by atoms with E-state index in [1.165, 1.54) is 11.3 Å². The summed E-state index contributed by atoms with van der Waals surface area (Å²) < 4.78 is 5.65. The Morgan fingerprint density at radius 2 is 1.90 bits per heavy atom. The topological polar surface area (TPSA) is 84.4 Å². The molecule has 2 amide bonds. The van der Waals surface area contributed by atoms with Crippen LogP contribution >= 0.6 is 22.9 Å². The Balaban J connectivity index is 1.34. The van der Waals surface area contributed by atoms with Gasteiger partial charge in [0, 0.05) is 23.7 Å². The van der Waals surface area contributed by atoms with Gasteiger partial charge in [0.15, 0.2) is 5.01 Å². The quantitative estimate of drug-likeness (QED) is 0.595. The summed E-state index contributed by atoms with van der Waals surface area (Å²) in [5.41, 5.74) is 2.99. The SMILES string of the molecule is Cc1cc(C)cc(N2CC(C(=O)Nc3nnc(COc4ccc(Cl)cc4)s3)CC2=O)c1. The van der Waals surface area contributed by atoms with Crippen LogP contribution in [0.2, 0.25) is 5.02 Å². The summed E-state index contributed by atoms with van der Waals surface area (Å²) in [4.78, 5) is 26.9.